The van der Waals surface area contributed by atoms with Gasteiger partial charge in [0.15, 0.2) is 0 Å². The number of nitrogens with zero attached hydrogens (tertiary/aromatic N) is 3. The first-order valence-electron chi connectivity index (χ1n) is 9.19. The second kappa shape index (κ2) is 8.73. The van der Waals surface area contributed by atoms with E-state index in [0.29, 0.717) is 43.3 Å². The number of hydrogen-bond acceptors (Lipinski definition) is 4. The van der Waals surface area contributed by atoms with Crippen LogP contribution in [0.4, 0.5) is 15.8 Å². The van der Waals surface area contributed by atoms with Gasteiger partial charge in [0.1, 0.15) is 18.1 Å². The van der Waals surface area contributed by atoms with E-state index in [-0.39, 0.29) is 24.2 Å². The Kier molecular flexibility index (Phi) is 6.13. The average Bonchev–Trinajstić information content (AvgIpc) is 2.72. The van der Waals surface area contributed by atoms with Gasteiger partial charge in [0, 0.05) is 33.1 Å². The monoisotopic (exact) mass is 385 g/mol. The maximum absolute atomic E-state index is 14.0. The van der Waals surface area contributed by atoms with Gasteiger partial charge >= 0.3 is 0 Å². The Balaban J connectivity index is 1.66. The largest absolute Gasteiger partial charge is 0.495 e. The molecular formula is C21H24FN3O3. The van der Waals surface area contributed by atoms with Crippen molar-refractivity contribution >= 4 is 23.2 Å². The van der Waals surface area contributed by atoms with E-state index in [1.165, 1.54) is 25.0 Å². The Hall–Kier alpha value is -3.09. The molecule has 6 nitrogen and oxygen atoms in total. The third-order valence-corrected chi connectivity index (χ3v) is 4.87. The van der Waals surface area contributed by atoms with E-state index in [4.69, 9.17) is 4.74 Å². The summed E-state index contributed by atoms with van der Waals surface area (Å²) in [5.41, 5.74) is 1.12. The summed E-state index contributed by atoms with van der Waals surface area (Å²) < 4.78 is 19.3. The molecule has 7 heteroatoms. The summed E-state index contributed by atoms with van der Waals surface area (Å²) in [6.07, 6.45) is 0. The molecule has 1 fully saturated rings. The van der Waals surface area contributed by atoms with Crippen molar-refractivity contribution in [2.24, 2.45) is 0 Å². The SMILES string of the molecule is COc1ccccc1N(CC(=O)N1CCN(c2ccccc2F)CC1)C(C)=O. The van der Waals surface area contributed by atoms with Crippen LogP contribution in [-0.4, -0.2) is 56.5 Å². The fraction of sp³-hybridized carbons (Fsp3) is 0.333. The van der Waals surface area contributed by atoms with Crippen molar-refractivity contribution in [1.82, 2.24) is 4.90 Å². The summed E-state index contributed by atoms with van der Waals surface area (Å²) in [5, 5.41) is 0. The maximum Gasteiger partial charge on any atom is 0.242 e. The van der Waals surface area contributed by atoms with Crippen LogP contribution in [0.15, 0.2) is 48.5 Å². The highest BCUT2D eigenvalue weighted by atomic mass is 19.1. The zero-order chi connectivity index (χ0) is 20.1. The molecular weight excluding hydrogens is 361 g/mol. The van der Waals surface area contributed by atoms with Gasteiger partial charge in [-0.25, -0.2) is 4.39 Å². The van der Waals surface area contributed by atoms with E-state index in [0.717, 1.165) is 0 Å². The highest BCUT2D eigenvalue weighted by Crippen LogP contribution is 2.28. The Bertz CT molecular complexity index is 850. The number of ether oxygens (including phenoxy) is 1. The van der Waals surface area contributed by atoms with Crippen LogP contribution in [0, 0.1) is 5.82 Å². The van der Waals surface area contributed by atoms with Crippen LogP contribution < -0.4 is 14.5 Å². The number of para-hydroxylation sites is 3. The van der Waals surface area contributed by atoms with Crippen LogP contribution in [0.1, 0.15) is 6.92 Å². The molecule has 2 aromatic rings. The van der Waals surface area contributed by atoms with Gasteiger partial charge in [0.2, 0.25) is 11.8 Å². The Morgan fingerprint density at radius 1 is 1.04 bits per heavy atom. The van der Waals surface area contributed by atoms with Crippen LogP contribution in [-0.2, 0) is 9.59 Å². The van der Waals surface area contributed by atoms with Gasteiger partial charge in [0.05, 0.1) is 18.5 Å². The molecule has 148 valence electrons. The van der Waals surface area contributed by atoms with E-state index in [2.05, 4.69) is 0 Å². The number of amides is 2. The molecule has 0 radical (unpaired) electrons. The first kappa shape index (κ1) is 19.7. The zero-order valence-corrected chi connectivity index (χ0v) is 16.1. The molecule has 2 aromatic carbocycles. The number of anilines is 2. The Labute approximate surface area is 164 Å². The van der Waals surface area contributed by atoms with Crippen LogP contribution in [0.25, 0.3) is 0 Å². The molecule has 3 rings (SSSR count). The van der Waals surface area contributed by atoms with Gasteiger partial charge in [-0.15, -0.1) is 0 Å². The molecule has 0 spiro atoms. The molecule has 1 aliphatic heterocycles. The average molecular weight is 385 g/mol. The normalized spacial score (nSPS) is 14.0. The zero-order valence-electron chi connectivity index (χ0n) is 16.1. The summed E-state index contributed by atoms with van der Waals surface area (Å²) in [6.45, 7) is 3.41. The van der Waals surface area contributed by atoms with Gasteiger partial charge < -0.3 is 14.5 Å². The predicted octanol–water partition coefficient (Wildman–Crippen LogP) is 2.54. The molecule has 28 heavy (non-hydrogen) atoms. The van der Waals surface area contributed by atoms with Crippen LogP contribution >= 0.6 is 0 Å². The summed E-state index contributed by atoms with van der Waals surface area (Å²) in [7, 11) is 1.53. The lowest BCUT2D eigenvalue weighted by molar-refractivity contribution is -0.131. The Morgan fingerprint density at radius 2 is 1.68 bits per heavy atom. The quantitative estimate of drug-likeness (QED) is 0.794. The third-order valence-electron chi connectivity index (χ3n) is 4.87. The van der Waals surface area contributed by atoms with Crippen molar-refractivity contribution in [2.45, 2.75) is 6.92 Å². The number of piperazine rings is 1. The smallest absolute Gasteiger partial charge is 0.242 e. The second-order valence-electron chi connectivity index (χ2n) is 6.60. The molecule has 0 saturated carbocycles. The van der Waals surface area contributed by atoms with E-state index < -0.39 is 0 Å². The van der Waals surface area contributed by atoms with Crippen molar-refractivity contribution in [1.29, 1.82) is 0 Å². The fourth-order valence-corrected chi connectivity index (χ4v) is 3.36. The van der Waals surface area contributed by atoms with E-state index in [1.54, 1.807) is 41.3 Å². The van der Waals surface area contributed by atoms with E-state index >= 15 is 0 Å². The van der Waals surface area contributed by atoms with Gasteiger partial charge in [-0.2, -0.15) is 0 Å². The van der Waals surface area contributed by atoms with Crippen molar-refractivity contribution in [3.63, 3.8) is 0 Å². The number of halogens is 1. The van der Waals surface area contributed by atoms with Gasteiger partial charge in [0.25, 0.3) is 0 Å². The summed E-state index contributed by atoms with van der Waals surface area (Å²) in [5.74, 6) is -0.104. The molecule has 0 atom stereocenters. The van der Waals surface area contributed by atoms with E-state index in [1.807, 2.05) is 11.0 Å². The van der Waals surface area contributed by atoms with Crippen molar-refractivity contribution in [3.8, 4) is 5.75 Å². The molecule has 0 bridgehead atoms. The number of benzene rings is 2. The third kappa shape index (κ3) is 4.24. The van der Waals surface area contributed by atoms with Crippen LogP contribution in [0.2, 0.25) is 0 Å². The molecule has 2 amide bonds. The summed E-state index contributed by atoms with van der Waals surface area (Å²) in [4.78, 5) is 30.0. The lowest BCUT2D eigenvalue weighted by Gasteiger charge is -2.37. The number of carbonyl (C=O) groups is 2. The second-order valence-corrected chi connectivity index (χ2v) is 6.60. The minimum atomic E-state index is -0.263. The van der Waals surface area contributed by atoms with Crippen molar-refractivity contribution in [3.05, 3.63) is 54.3 Å². The molecule has 1 saturated heterocycles. The van der Waals surface area contributed by atoms with E-state index in [9.17, 15) is 14.0 Å². The molecule has 0 aromatic heterocycles. The van der Waals surface area contributed by atoms with Gasteiger partial charge in [-0.1, -0.05) is 24.3 Å². The fourth-order valence-electron chi connectivity index (χ4n) is 3.36. The minimum Gasteiger partial charge on any atom is -0.495 e. The molecule has 1 aliphatic rings. The lowest BCUT2D eigenvalue weighted by atomic mass is 10.2. The highest BCUT2D eigenvalue weighted by molar-refractivity contribution is 5.98. The Morgan fingerprint density at radius 3 is 2.32 bits per heavy atom. The predicted molar refractivity (Wildman–Crippen MR) is 106 cm³/mol. The van der Waals surface area contributed by atoms with Crippen LogP contribution in [0.5, 0.6) is 5.75 Å². The standard InChI is InChI=1S/C21H24FN3O3/c1-16(26)25(19-9-5-6-10-20(19)28-2)15-21(27)24-13-11-23(12-14-24)18-8-4-3-7-17(18)22/h3-10H,11-15H2,1-2H3. The van der Waals surface area contributed by atoms with Crippen LogP contribution in [0.3, 0.4) is 0 Å². The number of methoxy groups -OCH3 is 1. The van der Waals surface area contributed by atoms with Crippen molar-refractivity contribution in [2.75, 3.05) is 49.6 Å². The lowest BCUT2D eigenvalue weighted by Crippen LogP contribution is -2.52. The number of hydrogen-bond donors (Lipinski definition) is 0. The van der Waals surface area contributed by atoms with Gasteiger partial charge in [-0.3, -0.25) is 14.5 Å². The summed E-state index contributed by atoms with van der Waals surface area (Å²) >= 11 is 0. The van der Waals surface area contributed by atoms with Crippen molar-refractivity contribution < 1.29 is 18.7 Å². The number of carbonyl (C=O) groups excluding carboxylic acids is 2. The summed E-state index contributed by atoms with van der Waals surface area (Å²) in [6, 6.07) is 13.7. The molecule has 0 aliphatic carbocycles. The first-order valence-corrected chi connectivity index (χ1v) is 9.19. The molecule has 1 heterocycles. The maximum atomic E-state index is 14.0. The number of rotatable bonds is 5. The first-order chi connectivity index (χ1) is 13.5. The highest BCUT2D eigenvalue weighted by Gasteiger charge is 2.26. The van der Waals surface area contributed by atoms with Gasteiger partial charge in [-0.05, 0) is 24.3 Å². The molecule has 0 unspecified atom stereocenters. The topological polar surface area (TPSA) is 53.1 Å². The minimum absolute atomic E-state index is 0.0601. The molecule has 0 N–H and O–H groups in total.